The van der Waals surface area contributed by atoms with Gasteiger partial charge in [-0.2, -0.15) is 0 Å². The lowest BCUT2D eigenvalue weighted by Crippen LogP contribution is -2.36. The highest BCUT2D eigenvalue weighted by atomic mass is 16.5. The molecule has 2 aliphatic heterocycles. The normalized spacial score (nSPS) is 28.6. The van der Waals surface area contributed by atoms with E-state index in [0.717, 1.165) is 24.5 Å². The highest BCUT2D eigenvalue weighted by Crippen LogP contribution is 2.34. The predicted octanol–water partition coefficient (Wildman–Crippen LogP) is 2.11. The van der Waals surface area contributed by atoms with Gasteiger partial charge in [0.1, 0.15) is 0 Å². The van der Waals surface area contributed by atoms with Crippen LogP contribution in [0.15, 0.2) is 18.2 Å². The summed E-state index contributed by atoms with van der Waals surface area (Å²) in [5, 5.41) is 3.60. The summed E-state index contributed by atoms with van der Waals surface area (Å²) >= 11 is 0. The van der Waals surface area contributed by atoms with Gasteiger partial charge in [-0.3, -0.25) is 0 Å². The van der Waals surface area contributed by atoms with Crippen LogP contribution >= 0.6 is 0 Å². The minimum Gasteiger partial charge on any atom is -0.493 e. The molecule has 1 aromatic carbocycles. The smallest absolute Gasteiger partial charge is 0.161 e. The quantitative estimate of drug-likeness (QED) is 0.883. The summed E-state index contributed by atoms with van der Waals surface area (Å²) in [5.41, 5.74) is 1.21. The van der Waals surface area contributed by atoms with Gasteiger partial charge in [0.2, 0.25) is 0 Å². The van der Waals surface area contributed by atoms with E-state index in [-0.39, 0.29) is 0 Å². The van der Waals surface area contributed by atoms with Crippen molar-refractivity contribution in [3.8, 4) is 11.5 Å². The van der Waals surface area contributed by atoms with Gasteiger partial charge in [0.05, 0.1) is 26.4 Å². The Kier molecular flexibility index (Phi) is 3.62. The molecule has 1 N–H and O–H groups in total. The van der Waals surface area contributed by atoms with Crippen molar-refractivity contribution in [2.75, 3.05) is 14.2 Å². The van der Waals surface area contributed by atoms with Gasteiger partial charge in [-0.1, -0.05) is 6.07 Å². The fourth-order valence-electron chi connectivity index (χ4n) is 3.09. The van der Waals surface area contributed by atoms with Gasteiger partial charge in [-0.25, -0.2) is 0 Å². The van der Waals surface area contributed by atoms with Gasteiger partial charge in [-0.15, -0.1) is 0 Å². The number of rotatable bonds is 5. The number of fused-ring (bicyclic) bond motifs is 2. The van der Waals surface area contributed by atoms with Gasteiger partial charge in [0, 0.05) is 12.6 Å². The van der Waals surface area contributed by atoms with Crippen molar-refractivity contribution in [3.63, 3.8) is 0 Å². The first kappa shape index (κ1) is 12.8. The van der Waals surface area contributed by atoms with E-state index in [1.54, 1.807) is 14.2 Å². The average molecular weight is 263 g/mol. The van der Waals surface area contributed by atoms with Crippen LogP contribution in [-0.4, -0.2) is 32.5 Å². The van der Waals surface area contributed by atoms with Crippen molar-refractivity contribution in [2.45, 2.75) is 44.1 Å². The predicted molar refractivity (Wildman–Crippen MR) is 72.7 cm³/mol. The summed E-state index contributed by atoms with van der Waals surface area (Å²) in [7, 11) is 3.32. The van der Waals surface area contributed by atoms with E-state index in [1.807, 2.05) is 12.1 Å². The number of nitrogens with one attached hydrogen (secondary N) is 1. The molecule has 4 nitrogen and oxygen atoms in total. The molecule has 1 aromatic rings. The molecule has 0 spiro atoms. The lowest BCUT2D eigenvalue weighted by Gasteiger charge is -2.20. The molecule has 0 radical (unpaired) electrons. The highest BCUT2D eigenvalue weighted by Gasteiger charge is 2.40. The number of hydrogen-bond donors (Lipinski definition) is 1. The van der Waals surface area contributed by atoms with Crippen LogP contribution in [0.5, 0.6) is 11.5 Å². The van der Waals surface area contributed by atoms with Gasteiger partial charge >= 0.3 is 0 Å². The molecule has 4 heteroatoms. The molecule has 0 saturated carbocycles. The second kappa shape index (κ2) is 5.39. The van der Waals surface area contributed by atoms with E-state index in [4.69, 9.17) is 14.2 Å². The van der Waals surface area contributed by atoms with Crippen molar-refractivity contribution in [1.29, 1.82) is 0 Å². The van der Waals surface area contributed by atoms with Crippen molar-refractivity contribution >= 4 is 0 Å². The van der Waals surface area contributed by atoms with Crippen LogP contribution in [0.4, 0.5) is 0 Å². The first-order valence-electron chi connectivity index (χ1n) is 6.90. The molecule has 19 heavy (non-hydrogen) atoms. The fourth-order valence-corrected chi connectivity index (χ4v) is 3.09. The Hall–Kier alpha value is -1.26. The van der Waals surface area contributed by atoms with Crippen molar-refractivity contribution in [3.05, 3.63) is 23.8 Å². The van der Waals surface area contributed by atoms with Gasteiger partial charge in [-0.05, 0) is 37.0 Å². The third kappa shape index (κ3) is 2.55. The maximum atomic E-state index is 5.85. The van der Waals surface area contributed by atoms with E-state index in [1.165, 1.54) is 18.4 Å². The average Bonchev–Trinajstić information content (AvgIpc) is 3.07. The standard InChI is InChI=1S/C15H21NO3/c1-17-14-5-3-10(7-15(14)18-2)9-16-12-8-11-4-6-13(12)19-11/h3,5,7,11-13,16H,4,6,8-9H2,1-2H3. The lowest BCUT2D eigenvalue weighted by atomic mass is 9.95. The number of hydrogen-bond acceptors (Lipinski definition) is 4. The number of benzene rings is 1. The second-order valence-electron chi connectivity index (χ2n) is 5.29. The lowest BCUT2D eigenvalue weighted by molar-refractivity contribution is 0.0973. The molecule has 2 aliphatic rings. The second-order valence-corrected chi connectivity index (χ2v) is 5.29. The molecule has 2 bridgehead atoms. The molecule has 0 aromatic heterocycles. The van der Waals surface area contributed by atoms with Crippen LogP contribution in [0, 0.1) is 0 Å². The Labute approximate surface area is 114 Å². The monoisotopic (exact) mass is 263 g/mol. The minimum atomic E-state index is 0.421. The van der Waals surface area contributed by atoms with E-state index in [9.17, 15) is 0 Å². The summed E-state index contributed by atoms with van der Waals surface area (Å²) in [6.07, 6.45) is 4.50. The van der Waals surface area contributed by atoms with E-state index >= 15 is 0 Å². The van der Waals surface area contributed by atoms with Gasteiger partial charge in [0.25, 0.3) is 0 Å². The summed E-state index contributed by atoms with van der Waals surface area (Å²) in [6.45, 7) is 0.845. The topological polar surface area (TPSA) is 39.7 Å². The Morgan fingerprint density at radius 2 is 2.05 bits per heavy atom. The molecule has 2 saturated heterocycles. The third-order valence-electron chi connectivity index (χ3n) is 4.12. The third-order valence-corrected chi connectivity index (χ3v) is 4.12. The molecule has 0 aliphatic carbocycles. The van der Waals surface area contributed by atoms with Crippen molar-refractivity contribution in [1.82, 2.24) is 5.32 Å². The minimum absolute atomic E-state index is 0.421. The zero-order valence-electron chi connectivity index (χ0n) is 11.5. The molecule has 2 fully saturated rings. The first-order chi connectivity index (χ1) is 9.30. The molecule has 0 amide bonds. The Bertz CT molecular complexity index is 449. The van der Waals surface area contributed by atoms with E-state index < -0.39 is 0 Å². The molecular weight excluding hydrogens is 242 g/mol. The van der Waals surface area contributed by atoms with Crippen molar-refractivity contribution < 1.29 is 14.2 Å². The fraction of sp³-hybridized carbons (Fsp3) is 0.600. The number of ether oxygens (including phenoxy) is 3. The van der Waals surface area contributed by atoms with Crippen LogP contribution in [0.3, 0.4) is 0 Å². The summed E-state index contributed by atoms with van der Waals surface area (Å²) in [5.74, 6) is 1.56. The summed E-state index contributed by atoms with van der Waals surface area (Å²) in [4.78, 5) is 0. The van der Waals surface area contributed by atoms with Crippen molar-refractivity contribution in [2.24, 2.45) is 0 Å². The van der Waals surface area contributed by atoms with E-state index in [0.29, 0.717) is 18.2 Å². The number of methoxy groups -OCH3 is 2. The molecule has 104 valence electrons. The molecular formula is C15H21NO3. The largest absolute Gasteiger partial charge is 0.493 e. The molecule has 3 rings (SSSR count). The molecule has 3 atom stereocenters. The van der Waals surface area contributed by atoms with E-state index in [2.05, 4.69) is 11.4 Å². The van der Waals surface area contributed by atoms with Crippen LogP contribution in [0.1, 0.15) is 24.8 Å². The van der Waals surface area contributed by atoms with Gasteiger partial charge in [0.15, 0.2) is 11.5 Å². The molecule has 2 heterocycles. The van der Waals surface area contributed by atoms with Gasteiger partial charge < -0.3 is 19.5 Å². The zero-order chi connectivity index (χ0) is 13.2. The maximum Gasteiger partial charge on any atom is 0.161 e. The maximum absolute atomic E-state index is 5.85. The summed E-state index contributed by atoms with van der Waals surface area (Å²) < 4.78 is 16.4. The Balaban J connectivity index is 1.60. The van der Waals surface area contributed by atoms with Crippen LogP contribution in [0.2, 0.25) is 0 Å². The van der Waals surface area contributed by atoms with Crippen LogP contribution < -0.4 is 14.8 Å². The zero-order valence-corrected chi connectivity index (χ0v) is 11.5. The Morgan fingerprint density at radius 3 is 2.68 bits per heavy atom. The SMILES string of the molecule is COc1ccc(CNC2CC3CCC2O3)cc1OC. The molecule has 3 unspecified atom stereocenters. The van der Waals surface area contributed by atoms with Crippen LogP contribution in [0.25, 0.3) is 0 Å². The first-order valence-corrected chi connectivity index (χ1v) is 6.90. The van der Waals surface area contributed by atoms with Crippen LogP contribution in [-0.2, 0) is 11.3 Å². The Morgan fingerprint density at radius 1 is 1.21 bits per heavy atom. The summed E-state index contributed by atoms with van der Waals surface area (Å²) in [6, 6.07) is 6.56. The highest BCUT2D eigenvalue weighted by molar-refractivity contribution is 5.42.